The number of urea groups is 1. The minimum Gasteiger partial charge on any atom is -0.481 e. The van der Waals surface area contributed by atoms with E-state index < -0.39 is 5.97 Å². The highest BCUT2D eigenvalue weighted by Crippen LogP contribution is 2.05. The van der Waals surface area contributed by atoms with Crippen LogP contribution >= 0.6 is 0 Å². The predicted molar refractivity (Wildman–Crippen MR) is 76.3 cm³/mol. The molecule has 0 spiro atoms. The van der Waals surface area contributed by atoms with Gasteiger partial charge in [-0.05, 0) is 32.6 Å². The normalized spacial score (nSPS) is 10.7. The number of imide groups is 1. The fourth-order valence-corrected chi connectivity index (χ4v) is 1.74. The quantitative estimate of drug-likeness (QED) is 0.670. The van der Waals surface area contributed by atoms with E-state index in [-0.39, 0.29) is 30.8 Å². The van der Waals surface area contributed by atoms with Gasteiger partial charge in [0.05, 0.1) is 0 Å². The molecule has 0 fully saturated rings. The van der Waals surface area contributed by atoms with Crippen LogP contribution in [0, 0.1) is 5.92 Å². The summed E-state index contributed by atoms with van der Waals surface area (Å²) in [5.74, 6) is -0.895. The topological polar surface area (TPSA) is 86.7 Å². The molecule has 20 heavy (non-hydrogen) atoms. The maximum absolute atomic E-state index is 12.0. The van der Waals surface area contributed by atoms with E-state index in [9.17, 15) is 14.4 Å². The number of rotatable bonds is 8. The summed E-state index contributed by atoms with van der Waals surface area (Å²) in [4.78, 5) is 35.5. The maximum atomic E-state index is 12.0. The third-order valence-electron chi connectivity index (χ3n) is 2.74. The highest BCUT2D eigenvalue weighted by molar-refractivity contribution is 5.94. The average molecular weight is 286 g/mol. The van der Waals surface area contributed by atoms with Crippen LogP contribution in [0.25, 0.3) is 0 Å². The summed E-state index contributed by atoms with van der Waals surface area (Å²) >= 11 is 0. The number of carboxylic acid groups (broad SMARTS) is 1. The largest absolute Gasteiger partial charge is 0.481 e. The Hall–Kier alpha value is -1.59. The fraction of sp³-hybridized carbons (Fsp3) is 0.786. The van der Waals surface area contributed by atoms with E-state index in [1.165, 1.54) is 0 Å². The Morgan fingerprint density at radius 2 is 1.60 bits per heavy atom. The first-order chi connectivity index (χ1) is 9.23. The van der Waals surface area contributed by atoms with Crippen molar-refractivity contribution in [2.75, 3.05) is 6.54 Å². The van der Waals surface area contributed by atoms with Gasteiger partial charge in [-0.3, -0.25) is 14.9 Å². The van der Waals surface area contributed by atoms with Crippen molar-refractivity contribution in [3.63, 3.8) is 0 Å². The van der Waals surface area contributed by atoms with Crippen LogP contribution in [-0.4, -0.2) is 40.5 Å². The maximum Gasteiger partial charge on any atom is 0.324 e. The molecular weight excluding hydrogens is 260 g/mol. The number of nitrogens with zero attached hydrogens (tertiary/aromatic N) is 1. The van der Waals surface area contributed by atoms with Crippen LogP contribution in [0.5, 0.6) is 0 Å². The van der Waals surface area contributed by atoms with E-state index in [4.69, 9.17) is 5.11 Å². The van der Waals surface area contributed by atoms with Crippen LogP contribution in [0.2, 0.25) is 0 Å². The van der Waals surface area contributed by atoms with Crippen molar-refractivity contribution in [3.05, 3.63) is 0 Å². The van der Waals surface area contributed by atoms with E-state index in [1.807, 2.05) is 27.7 Å². The predicted octanol–water partition coefficient (Wildman–Crippen LogP) is 2.23. The summed E-state index contributed by atoms with van der Waals surface area (Å²) in [6.07, 6.45) is 1.13. The Morgan fingerprint density at radius 3 is 2.05 bits per heavy atom. The Bertz CT molecular complexity index is 340. The van der Waals surface area contributed by atoms with Gasteiger partial charge in [-0.15, -0.1) is 0 Å². The van der Waals surface area contributed by atoms with E-state index >= 15 is 0 Å². The highest BCUT2D eigenvalue weighted by atomic mass is 16.4. The van der Waals surface area contributed by atoms with Crippen LogP contribution in [0.4, 0.5) is 4.79 Å². The second-order valence-electron chi connectivity index (χ2n) is 5.59. The Morgan fingerprint density at radius 1 is 1.05 bits per heavy atom. The summed E-state index contributed by atoms with van der Waals surface area (Å²) in [5, 5.41) is 10.8. The SMILES string of the molecule is CC(C)CN(C(=O)NC(=O)CCCCC(=O)O)C(C)C. The van der Waals surface area contributed by atoms with E-state index in [1.54, 1.807) is 4.90 Å². The lowest BCUT2D eigenvalue weighted by Crippen LogP contribution is -2.47. The van der Waals surface area contributed by atoms with Gasteiger partial charge in [0.25, 0.3) is 0 Å². The molecule has 0 atom stereocenters. The van der Waals surface area contributed by atoms with Crippen molar-refractivity contribution in [2.45, 2.75) is 59.4 Å². The zero-order valence-electron chi connectivity index (χ0n) is 12.8. The lowest BCUT2D eigenvalue weighted by molar-refractivity contribution is -0.137. The number of hydrogen-bond donors (Lipinski definition) is 2. The average Bonchev–Trinajstić information content (AvgIpc) is 2.30. The van der Waals surface area contributed by atoms with E-state index in [0.717, 1.165) is 0 Å². The lowest BCUT2D eigenvalue weighted by Gasteiger charge is -2.28. The molecule has 0 rings (SSSR count). The first kappa shape index (κ1) is 18.4. The van der Waals surface area contributed by atoms with Crippen molar-refractivity contribution in [1.82, 2.24) is 10.2 Å². The number of nitrogens with one attached hydrogen (secondary N) is 1. The number of aliphatic carboxylic acids is 1. The van der Waals surface area contributed by atoms with Crippen LogP contribution in [0.1, 0.15) is 53.4 Å². The van der Waals surface area contributed by atoms with Crippen molar-refractivity contribution in [3.8, 4) is 0 Å². The first-order valence-corrected chi connectivity index (χ1v) is 7.06. The number of unbranched alkanes of at least 4 members (excludes halogenated alkanes) is 1. The zero-order valence-corrected chi connectivity index (χ0v) is 12.8. The Labute approximate surface area is 120 Å². The van der Waals surface area contributed by atoms with Gasteiger partial charge in [0.1, 0.15) is 0 Å². The van der Waals surface area contributed by atoms with Gasteiger partial charge in [-0.25, -0.2) is 4.79 Å². The minimum atomic E-state index is -0.871. The molecule has 0 saturated heterocycles. The van der Waals surface area contributed by atoms with E-state index in [2.05, 4.69) is 5.32 Å². The monoisotopic (exact) mass is 286 g/mol. The van der Waals surface area contributed by atoms with E-state index in [0.29, 0.717) is 25.3 Å². The number of carboxylic acids is 1. The van der Waals surface area contributed by atoms with Crippen LogP contribution in [0.3, 0.4) is 0 Å². The summed E-state index contributed by atoms with van der Waals surface area (Å²) < 4.78 is 0. The van der Waals surface area contributed by atoms with Crippen molar-refractivity contribution < 1.29 is 19.5 Å². The van der Waals surface area contributed by atoms with Crippen molar-refractivity contribution in [2.24, 2.45) is 5.92 Å². The van der Waals surface area contributed by atoms with Gasteiger partial charge in [0.2, 0.25) is 5.91 Å². The molecule has 0 radical (unpaired) electrons. The molecule has 0 aromatic heterocycles. The molecule has 0 bridgehead atoms. The highest BCUT2D eigenvalue weighted by Gasteiger charge is 2.19. The Kier molecular flexibility index (Phi) is 8.59. The molecule has 0 aliphatic carbocycles. The van der Waals surface area contributed by atoms with Gasteiger partial charge in [-0.2, -0.15) is 0 Å². The third-order valence-corrected chi connectivity index (χ3v) is 2.74. The molecule has 6 nitrogen and oxygen atoms in total. The molecule has 0 saturated carbocycles. The molecule has 116 valence electrons. The molecule has 0 aromatic rings. The first-order valence-electron chi connectivity index (χ1n) is 7.06. The van der Waals surface area contributed by atoms with Crippen LogP contribution < -0.4 is 5.32 Å². The molecule has 3 amide bonds. The summed E-state index contributed by atoms with van der Waals surface area (Å²) in [5.41, 5.74) is 0. The Balaban J connectivity index is 4.14. The van der Waals surface area contributed by atoms with Gasteiger partial charge in [0.15, 0.2) is 0 Å². The zero-order chi connectivity index (χ0) is 15.7. The number of hydrogen-bond acceptors (Lipinski definition) is 3. The summed E-state index contributed by atoms with van der Waals surface area (Å²) in [7, 11) is 0. The molecule has 0 aromatic carbocycles. The van der Waals surface area contributed by atoms with Crippen molar-refractivity contribution in [1.29, 1.82) is 0 Å². The molecule has 6 heteroatoms. The van der Waals surface area contributed by atoms with Crippen LogP contribution in [0.15, 0.2) is 0 Å². The van der Waals surface area contributed by atoms with Crippen LogP contribution in [-0.2, 0) is 9.59 Å². The summed E-state index contributed by atoms with van der Waals surface area (Å²) in [6.45, 7) is 8.42. The molecule has 0 aliphatic rings. The molecular formula is C14H26N2O4. The number of carbonyl (C=O) groups excluding carboxylic acids is 2. The molecule has 0 aliphatic heterocycles. The smallest absolute Gasteiger partial charge is 0.324 e. The third kappa shape index (κ3) is 8.50. The van der Waals surface area contributed by atoms with Gasteiger partial charge in [-0.1, -0.05) is 13.8 Å². The minimum absolute atomic E-state index is 0.0252. The second kappa shape index (κ2) is 9.34. The van der Waals surface area contributed by atoms with Gasteiger partial charge < -0.3 is 10.0 Å². The lowest BCUT2D eigenvalue weighted by atomic mass is 10.2. The standard InChI is InChI=1S/C14H26N2O4/c1-10(2)9-16(11(3)4)14(20)15-12(17)7-5-6-8-13(18)19/h10-11H,5-9H2,1-4H3,(H,18,19)(H,15,17,20). The number of amides is 3. The number of carbonyl (C=O) groups is 3. The van der Waals surface area contributed by atoms with Gasteiger partial charge in [0, 0.05) is 25.4 Å². The fourth-order valence-electron chi connectivity index (χ4n) is 1.74. The van der Waals surface area contributed by atoms with Gasteiger partial charge >= 0.3 is 12.0 Å². The molecule has 0 heterocycles. The summed E-state index contributed by atoms with van der Waals surface area (Å²) in [6, 6.07) is -0.353. The molecule has 2 N–H and O–H groups in total. The molecule has 0 unspecified atom stereocenters. The second-order valence-corrected chi connectivity index (χ2v) is 5.59. The van der Waals surface area contributed by atoms with Crippen molar-refractivity contribution >= 4 is 17.9 Å².